The van der Waals surface area contributed by atoms with E-state index in [1.807, 2.05) is 13.0 Å². The Kier molecular flexibility index (Phi) is 2.84. The first kappa shape index (κ1) is 11.0. The number of rotatable bonds is 2. The van der Waals surface area contributed by atoms with Gasteiger partial charge in [-0.25, -0.2) is 0 Å². The molecule has 1 rings (SSSR count). The Morgan fingerprint density at radius 3 is 2.29 bits per heavy atom. The van der Waals surface area contributed by atoms with Crippen molar-refractivity contribution in [1.29, 1.82) is 5.26 Å². The second-order valence-electron chi connectivity index (χ2n) is 4.66. The number of aliphatic carboxylic acids is 1. The van der Waals surface area contributed by atoms with Gasteiger partial charge in [0.1, 0.15) is 0 Å². The van der Waals surface area contributed by atoms with Crippen LogP contribution in [0.15, 0.2) is 0 Å². The SMILES string of the molecule is CC1(C(C)(C#N)C(=O)O)CCCCC1. The van der Waals surface area contributed by atoms with Crippen molar-refractivity contribution in [1.82, 2.24) is 0 Å². The number of carbonyl (C=O) groups is 1. The van der Waals surface area contributed by atoms with Gasteiger partial charge >= 0.3 is 5.97 Å². The predicted octanol–water partition coefficient (Wildman–Crippen LogP) is 2.57. The van der Waals surface area contributed by atoms with E-state index in [0.717, 1.165) is 32.1 Å². The quantitative estimate of drug-likeness (QED) is 0.736. The molecule has 1 unspecified atom stereocenters. The lowest BCUT2D eigenvalue weighted by Gasteiger charge is -2.41. The fourth-order valence-electron chi connectivity index (χ4n) is 2.27. The third kappa shape index (κ3) is 1.50. The van der Waals surface area contributed by atoms with Crippen LogP contribution in [0.3, 0.4) is 0 Å². The van der Waals surface area contributed by atoms with Gasteiger partial charge in [0, 0.05) is 0 Å². The van der Waals surface area contributed by atoms with Gasteiger partial charge in [0.2, 0.25) is 0 Å². The van der Waals surface area contributed by atoms with E-state index in [9.17, 15) is 4.79 Å². The fourth-order valence-corrected chi connectivity index (χ4v) is 2.27. The molecule has 1 fully saturated rings. The van der Waals surface area contributed by atoms with Gasteiger partial charge in [-0.05, 0) is 25.2 Å². The Morgan fingerprint density at radius 1 is 1.43 bits per heavy atom. The largest absolute Gasteiger partial charge is 0.480 e. The summed E-state index contributed by atoms with van der Waals surface area (Å²) in [5, 5.41) is 18.2. The van der Waals surface area contributed by atoms with Gasteiger partial charge in [-0.3, -0.25) is 4.79 Å². The maximum atomic E-state index is 11.1. The Balaban J connectivity index is 2.98. The fraction of sp³-hybridized carbons (Fsp3) is 0.818. The smallest absolute Gasteiger partial charge is 0.324 e. The monoisotopic (exact) mass is 195 g/mol. The molecule has 0 spiro atoms. The third-order valence-electron chi connectivity index (χ3n) is 3.82. The molecule has 0 saturated heterocycles. The molecule has 0 bridgehead atoms. The molecule has 0 aliphatic heterocycles. The number of carboxylic acids is 1. The van der Waals surface area contributed by atoms with E-state index >= 15 is 0 Å². The van der Waals surface area contributed by atoms with Crippen LogP contribution in [-0.4, -0.2) is 11.1 Å². The van der Waals surface area contributed by atoms with E-state index in [2.05, 4.69) is 0 Å². The highest BCUT2D eigenvalue weighted by molar-refractivity contribution is 5.78. The van der Waals surface area contributed by atoms with Crippen LogP contribution in [-0.2, 0) is 4.79 Å². The van der Waals surface area contributed by atoms with E-state index in [-0.39, 0.29) is 5.41 Å². The van der Waals surface area contributed by atoms with E-state index in [4.69, 9.17) is 10.4 Å². The molecule has 1 aliphatic carbocycles. The topological polar surface area (TPSA) is 61.1 Å². The van der Waals surface area contributed by atoms with E-state index in [1.54, 1.807) is 6.92 Å². The molecule has 0 aromatic carbocycles. The van der Waals surface area contributed by atoms with Crippen LogP contribution in [0.2, 0.25) is 0 Å². The summed E-state index contributed by atoms with van der Waals surface area (Å²) in [6.45, 7) is 3.49. The van der Waals surface area contributed by atoms with Crippen molar-refractivity contribution in [2.45, 2.75) is 46.0 Å². The minimum atomic E-state index is -1.23. The Bertz CT molecular complexity index is 274. The molecule has 14 heavy (non-hydrogen) atoms. The molecule has 1 atom stereocenters. The first-order chi connectivity index (χ1) is 6.46. The van der Waals surface area contributed by atoms with Gasteiger partial charge in [-0.1, -0.05) is 26.2 Å². The molecule has 1 saturated carbocycles. The maximum Gasteiger partial charge on any atom is 0.324 e. The Morgan fingerprint density at radius 2 is 1.93 bits per heavy atom. The number of hydrogen-bond acceptors (Lipinski definition) is 2. The lowest BCUT2D eigenvalue weighted by atomic mass is 9.59. The Labute approximate surface area is 84.7 Å². The van der Waals surface area contributed by atoms with Crippen molar-refractivity contribution in [3.8, 4) is 6.07 Å². The lowest BCUT2D eigenvalue weighted by molar-refractivity contribution is -0.152. The summed E-state index contributed by atoms with van der Waals surface area (Å²) in [6, 6.07) is 1.99. The second-order valence-corrected chi connectivity index (χ2v) is 4.66. The lowest BCUT2D eigenvalue weighted by Crippen LogP contribution is -2.44. The molecule has 0 heterocycles. The predicted molar refractivity (Wildman–Crippen MR) is 52.5 cm³/mol. The molecule has 78 valence electrons. The molecular formula is C11H17NO2. The highest BCUT2D eigenvalue weighted by Gasteiger charge is 2.51. The first-order valence-electron chi connectivity index (χ1n) is 5.11. The maximum absolute atomic E-state index is 11.1. The van der Waals surface area contributed by atoms with Gasteiger partial charge in [-0.2, -0.15) is 5.26 Å². The molecule has 0 aromatic heterocycles. The molecule has 1 aliphatic rings. The average molecular weight is 195 g/mol. The summed E-state index contributed by atoms with van der Waals surface area (Å²) in [5.74, 6) is -0.982. The number of hydrogen-bond donors (Lipinski definition) is 1. The normalized spacial score (nSPS) is 24.6. The molecule has 1 N–H and O–H groups in total. The zero-order chi connectivity index (χ0) is 10.8. The van der Waals surface area contributed by atoms with E-state index in [0.29, 0.717) is 0 Å². The molecule has 3 nitrogen and oxygen atoms in total. The van der Waals surface area contributed by atoms with Crippen LogP contribution >= 0.6 is 0 Å². The molecular weight excluding hydrogens is 178 g/mol. The molecule has 0 radical (unpaired) electrons. The van der Waals surface area contributed by atoms with Crippen molar-refractivity contribution >= 4 is 5.97 Å². The van der Waals surface area contributed by atoms with Crippen LogP contribution < -0.4 is 0 Å². The van der Waals surface area contributed by atoms with Crippen LogP contribution in [0.1, 0.15) is 46.0 Å². The molecule has 3 heteroatoms. The average Bonchev–Trinajstić information content (AvgIpc) is 2.17. The second kappa shape index (κ2) is 3.61. The van der Waals surface area contributed by atoms with Gasteiger partial charge in [-0.15, -0.1) is 0 Å². The van der Waals surface area contributed by atoms with Crippen LogP contribution in [0.5, 0.6) is 0 Å². The zero-order valence-electron chi connectivity index (χ0n) is 8.84. The molecule has 0 amide bonds. The van der Waals surface area contributed by atoms with E-state index in [1.165, 1.54) is 0 Å². The minimum absolute atomic E-state index is 0.355. The summed E-state index contributed by atoms with van der Waals surface area (Å²) in [6.07, 6.45) is 4.95. The standard InChI is InChI=1S/C11H17NO2/c1-10(6-4-3-5-7-10)11(2,8-12)9(13)14/h3-7H2,1-2H3,(H,13,14). The zero-order valence-corrected chi connectivity index (χ0v) is 8.84. The van der Waals surface area contributed by atoms with E-state index < -0.39 is 11.4 Å². The summed E-state index contributed by atoms with van der Waals surface area (Å²) in [7, 11) is 0. The highest BCUT2D eigenvalue weighted by Crippen LogP contribution is 2.49. The van der Waals surface area contributed by atoms with Gasteiger partial charge < -0.3 is 5.11 Å². The summed E-state index contributed by atoms with van der Waals surface area (Å²) in [5.41, 5.74) is -1.58. The Hall–Kier alpha value is -1.04. The van der Waals surface area contributed by atoms with Crippen LogP contribution in [0, 0.1) is 22.2 Å². The minimum Gasteiger partial charge on any atom is -0.480 e. The summed E-state index contributed by atoms with van der Waals surface area (Å²) < 4.78 is 0. The third-order valence-corrected chi connectivity index (χ3v) is 3.82. The summed E-state index contributed by atoms with van der Waals surface area (Å²) in [4.78, 5) is 11.1. The van der Waals surface area contributed by atoms with Crippen molar-refractivity contribution < 1.29 is 9.90 Å². The van der Waals surface area contributed by atoms with Crippen LogP contribution in [0.4, 0.5) is 0 Å². The molecule has 0 aromatic rings. The van der Waals surface area contributed by atoms with Gasteiger partial charge in [0.05, 0.1) is 6.07 Å². The van der Waals surface area contributed by atoms with Crippen molar-refractivity contribution in [3.63, 3.8) is 0 Å². The van der Waals surface area contributed by atoms with Crippen LogP contribution in [0.25, 0.3) is 0 Å². The number of nitrogens with zero attached hydrogens (tertiary/aromatic N) is 1. The van der Waals surface area contributed by atoms with Crippen molar-refractivity contribution in [2.75, 3.05) is 0 Å². The van der Waals surface area contributed by atoms with Gasteiger partial charge in [0.15, 0.2) is 5.41 Å². The highest BCUT2D eigenvalue weighted by atomic mass is 16.4. The number of carboxylic acid groups (broad SMARTS) is 1. The summed E-state index contributed by atoms with van der Waals surface area (Å²) >= 11 is 0. The van der Waals surface area contributed by atoms with Gasteiger partial charge in [0.25, 0.3) is 0 Å². The van der Waals surface area contributed by atoms with Crippen molar-refractivity contribution in [3.05, 3.63) is 0 Å². The van der Waals surface area contributed by atoms with Crippen molar-refractivity contribution in [2.24, 2.45) is 10.8 Å². The first-order valence-corrected chi connectivity index (χ1v) is 5.11. The number of nitriles is 1.